The fourth-order valence-corrected chi connectivity index (χ4v) is 4.31. The van der Waals surface area contributed by atoms with Gasteiger partial charge in [-0.05, 0) is 29.3 Å². The van der Waals surface area contributed by atoms with Gasteiger partial charge in [-0.15, -0.1) is 0 Å². The lowest BCUT2D eigenvalue weighted by Gasteiger charge is -2.28. The SMILES string of the molecule is O=C1N(c2ccc(-c3cn[nH]c3)cc2)CC(CO)[C@@]12Cc1ccccc1N2. The first kappa shape index (κ1) is 16.1. The second kappa shape index (κ2) is 5.96. The van der Waals surface area contributed by atoms with Crippen LogP contribution in [0, 0.1) is 5.92 Å². The molecule has 0 saturated carbocycles. The predicted molar refractivity (Wildman–Crippen MR) is 103 cm³/mol. The molecule has 0 bridgehead atoms. The second-order valence-electron chi connectivity index (χ2n) is 7.26. The highest BCUT2D eigenvalue weighted by Crippen LogP contribution is 2.43. The Morgan fingerprint density at radius 2 is 1.96 bits per heavy atom. The summed E-state index contributed by atoms with van der Waals surface area (Å²) in [5.74, 6) is -0.139. The van der Waals surface area contributed by atoms with E-state index in [-0.39, 0.29) is 18.4 Å². The first-order chi connectivity index (χ1) is 13.2. The zero-order valence-corrected chi connectivity index (χ0v) is 14.7. The molecule has 0 radical (unpaired) electrons. The molecule has 27 heavy (non-hydrogen) atoms. The number of amides is 1. The number of para-hydroxylation sites is 1. The van der Waals surface area contributed by atoms with Crippen LogP contribution >= 0.6 is 0 Å². The van der Waals surface area contributed by atoms with Gasteiger partial charge in [-0.1, -0.05) is 30.3 Å². The minimum Gasteiger partial charge on any atom is -0.396 e. The Morgan fingerprint density at radius 3 is 2.67 bits per heavy atom. The van der Waals surface area contributed by atoms with E-state index in [2.05, 4.69) is 15.5 Å². The third-order valence-electron chi connectivity index (χ3n) is 5.80. The summed E-state index contributed by atoms with van der Waals surface area (Å²) in [6, 6.07) is 15.9. The molecule has 2 aliphatic rings. The fourth-order valence-electron chi connectivity index (χ4n) is 4.31. The smallest absolute Gasteiger partial charge is 0.253 e. The van der Waals surface area contributed by atoms with E-state index < -0.39 is 5.54 Å². The fraction of sp³-hybridized carbons (Fsp3) is 0.238. The number of aliphatic hydroxyl groups excluding tert-OH is 1. The lowest BCUT2D eigenvalue weighted by molar-refractivity contribution is -0.121. The molecule has 136 valence electrons. The van der Waals surface area contributed by atoms with Gasteiger partial charge in [-0.2, -0.15) is 5.10 Å². The number of aromatic amines is 1. The Labute approximate surface area is 156 Å². The van der Waals surface area contributed by atoms with Crippen molar-refractivity contribution < 1.29 is 9.90 Å². The largest absolute Gasteiger partial charge is 0.396 e. The molecule has 3 N–H and O–H groups in total. The number of aliphatic hydroxyl groups is 1. The van der Waals surface area contributed by atoms with Crippen molar-refractivity contribution in [3.8, 4) is 11.1 Å². The molecule has 2 aliphatic heterocycles. The molecule has 1 aromatic heterocycles. The highest BCUT2D eigenvalue weighted by molar-refractivity contribution is 6.06. The minimum atomic E-state index is -0.762. The lowest BCUT2D eigenvalue weighted by atomic mass is 9.84. The number of nitrogens with zero attached hydrogens (tertiary/aromatic N) is 2. The molecular formula is C21H20N4O2. The van der Waals surface area contributed by atoms with Crippen LogP contribution in [0.1, 0.15) is 5.56 Å². The molecule has 1 spiro atoms. The number of hydrogen-bond donors (Lipinski definition) is 3. The molecule has 6 heteroatoms. The van der Waals surface area contributed by atoms with Crippen LogP contribution in [0.15, 0.2) is 60.9 Å². The Kier molecular flexibility index (Phi) is 3.55. The van der Waals surface area contributed by atoms with Gasteiger partial charge in [0.1, 0.15) is 5.54 Å². The number of carbonyl (C=O) groups is 1. The number of anilines is 2. The van der Waals surface area contributed by atoms with Crippen molar-refractivity contribution in [2.24, 2.45) is 5.92 Å². The van der Waals surface area contributed by atoms with Crippen molar-refractivity contribution >= 4 is 17.3 Å². The molecule has 1 unspecified atom stereocenters. The van der Waals surface area contributed by atoms with Crippen molar-refractivity contribution in [3.05, 3.63) is 66.5 Å². The van der Waals surface area contributed by atoms with E-state index in [1.54, 1.807) is 11.1 Å². The van der Waals surface area contributed by atoms with Gasteiger partial charge < -0.3 is 15.3 Å². The van der Waals surface area contributed by atoms with Crippen molar-refractivity contribution in [2.75, 3.05) is 23.4 Å². The Morgan fingerprint density at radius 1 is 1.15 bits per heavy atom. The van der Waals surface area contributed by atoms with Crippen LogP contribution in [0.25, 0.3) is 11.1 Å². The summed E-state index contributed by atoms with van der Waals surface area (Å²) in [6.45, 7) is 0.470. The second-order valence-corrected chi connectivity index (χ2v) is 7.26. The van der Waals surface area contributed by atoms with E-state index in [1.807, 2.05) is 54.7 Å². The first-order valence-corrected chi connectivity index (χ1v) is 9.09. The maximum atomic E-state index is 13.4. The van der Waals surface area contributed by atoms with Gasteiger partial charge in [-0.3, -0.25) is 9.89 Å². The van der Waals surface area contributed by atoms with Crippen LogP contribution in [0.3, 0.4) is 0 Å². The van der Waals surface area contributed by atoms with Crippen LogP contribution in [0.5, 0.6) is 0 Å². The molecule has 1 saturated heterocycles. The number of nitrogens with one attached hydrogen (secondary N) is 2. The van der Waals surface area contributed by atoms with Gasteiger partial charge >= 0.3 is 0 Å². The van der Waals surface area contributed by atoms with Gasteiger partial charge in [0, 0.05) is 42.0 Å². The molecule has 3 heterocycles. The number of fused-ring (bicyclic) bond motifs is 1. The van der Waals surface area contributed by atoms with Gasteiger partial charge in [0.15, 0.2) is 0 Å². The van der Waals surface area contributed by atoms with E-state index >= 15 is 0 Å². The van der Waals surface area contributed by atoms with E-state index in [0.29, 0.717) is 13.0 Å². The summed E-state index contributed by atoms with van der Waals surface area (Å²) in [6.07, 6.45) is 4.22. The zero-order valence-electron chi connectivity index (χ0n) is 14.7. The van der Waals surface area contributed by atoms with Crippen molar-refractivity contribution in [2.45, 2.75) is 12.0 Å². The minimum absolute atomic E-state index is 0.0220. The van der Waals surface area contributed by atoms with Crippen LogP contribution < -0.4 is 10.2 Å². The Hall–Kier alpha value is -3.12. The molecule has 1 fully saturated rings. The number of aromatic nitrogens is 2. The lowest BCUT2D eigenvalue weighted by Crippen LogP contribution is -2.50. The third kappa shape index (κ3) is 2.37. The van der Waals surface area contributed by atoms with Crippen LogP contribution in [-0.2, 0) is 11.2 Å². The van der Waals surface area contributed by atoms with Gasteiger partial charge in [0.05, 0.1) is 12.8 Å². The Balaban J connectivity index is 1.46. The molecular weight excluding hydrogens is 340 g/mol. The quantitative estimate of drug-likeness (QED) is 0.670. The maximum Gasteiger partial charge on any atom is 0.253 e. The summed E-state index contributed by atoms with van der Waals surface area (Å²) in [5, 5.41) is 20.2. The number of carbonyl (C=O) groups excluding carboxylic acids is 1. The van der Waals surface area contributed by atoms with E-state index in [0.717, 1.165) is 28.1 Å². The van der Waals surface area contributed by atoms with E-state index in [1.165, 1.54) is 0 Å². The summed E-state index contributed by atoms with van der Waals surface area (Å²) in [4.78, 5) is 15.2. The monoisotopic (exact) mass is 360 g/mol. The van der Waals surface area contributed by atoms with Gasteiger partial charge in [0.25, 0.3) is 5.91 Å². The maximum absolute atomic E-state index is 13.4. The van der Waals surface area contributed by atoms with Gasteiger partial charge in [0.2, 0.25) is 0 Å². The van der Waals surface area contributed by atoms with Crippen LogP contribution in [-0.4, -0.2) is 39.9 Å². The molecule has 2 aromatic carbocycles. The average molecular weight is 360 g/mol. The van der Waals surface area contributed by atoms with Crippen molar-refractivity contribution in [3.63, 3.8) is 0 Å². The number of rotatable bonds is 3. The Bertz CT molecular complexity index is 957. The van der Waals surface area contributed by atoms with Crippen LogP contribution in [0.2, 0.25) is 0 Å². The van der Waals surface area contributed by atoms with E-state index in [4.69, 9.17) is 0 Å². The predicted octanol–water partition coefficient (Wildman–Crippen LogP) is 2.44. The zero-order chi connectivity index (χ0) is 18.4. The molecule has 3 aromatic rings. The van der Waals surface area contributed by atoms with E-state index in [9.17, 15) is 9.90 Å². The number of H-pyrrole nitrogens is 1. The van der Waals surface area contributed by atoms with Crippen molar-refractivity contribution in [1.29, 1.82) is 0 Å². The molecule has 2 atom stereocenters. The normalized spacial score (nSPS) is 23.7. The number of benzene rings is 2. The standard InChI is InChI=1S/C21H20N4O2/c26-13-17-12-25(18-7-5-14(6-8-18)16-10-22-23-11-16)20(27)21(17)9-15-3-1-2-4-19(15)24-21/h1-8,10-11,17,24,26H,9,12-13H2,(H,22,23)/t17?,21-/m0/s1. The summed E-state index contributed by atoms with van der Waals surface area (Å²) in [7, 11) is 0. The number of hydrogen-bond acceptors (Lipinski definition) is 4. The third-order valence-corrected chi connectivity index (χ3v) is 5.80. The summed E-state index contributed by atoms with van der Waals surface area (Å²) in [5.41, 5.74) is 4.25. The molecule has 0 aliphatic carbocycles. The molecule has 6 nitrogen and oxygen atoms in total. The topological polar surface area (TPSA) is 81.2 Å². The average Bonchev–Trinajstić information content (AvgIpc) is 3.42. The molecule has 5 rings (SSSR count). The first-order valence-electron chi connectivity index (χ1n) is 9.09. The van der Waals surface area contributed by atoms with Crippen LogP contribution in [0.4, 0.5) is 11.4 Å². The summed E-state index contributed by atoms with van der Waals surface area (Å²) >= 11 is 0. The summed E-state index contributed by atoms with van der Waals surface area (Å²) < 4.78 is 0. The van der Waals surface area contributed by atoms with Gasteiger partial charge in [-0.25, -0.2) is 0 Å². The molecule has 1 amide bonds. The highest BCUT2D eigenvalue weighted by Gasteiger charge is 2.56. The highest BCUT2D eigenvalue weighted by atomic mass is 16.3. The van der Waals surface area contributed by atoms with Crippen molar-refractivity contribution in [1.82, 2.24) is 10.2 Å².